The molecule has 2 aromatic carbocycles. The van der Waals surface area contributed by atoms with E-state index in [1.807, 2.05) is 30.3 Å². The lowest BCUT2D eigenvalue weighted by molar-refractivity contribution is -0.113. The van der Waals surface area contributed by atoms with Crippen molar-refractivity contribution >= 4 is 40.5 Å². The quantitative estimate of drug-likeness (QED) is 0.266. The Morgan fingerprint density at radius 3 is 2.55 bits per heavy atom. The molecule has 1 amide bonds. The second-order valence-electron chi connectivity index (χ2n) is 7.83. The van der Waals surface area contributed by atoms with Gasteiger partial charge in [0.25, 0.3) is 0 Å². The van der Waals surface area contributed by atoms with Crippen LogP contribution in [0.3, 0.4) is 0 Å². The zero-order chi connectivity index (χ0) is 22.6. The monoisotopic (exact) mass is 474 g/mol. The fourth-order valence-corrected chi connectivity index (χ4v) is 5.17. The van der Waals surface area contributed by atoms with Crippen LogP contribution in [-0.4, -0.2) is 32.2 Å². The number of nitrogens with zero attached hydrogens (tertiary/aromatic N) is 3. The molecule has 1 N–H and O–H groups in total. The lowest BCUT2D eigenvalue weighted by Gasteiger charge is -2.11. The number of nitrogens with one attached hydrogen (secondary N) is 1. The molecule has 8 heteroatoms. The van der Waals surface area contributed by atoms with Crippen molar-refractivity contribution in [2.75, 3.05) is 11.1 Å². The second kappa shape index (κ2) is 9.72. The molecule has 33 heavy (non-hydrogen) atoms. The van der Waals surface area contributed by atoms with Crippen molar-refractivity contribution in [2.24, 2.45) is 0 Å². The molecule has 5 rings (SSSR count). The van der Waals surface area contributed by atoms with E-state index in [0.717, 1.165) is 30.2 Å². The third kappa shape index (κ3) is 5.07. The summed E-state index contributed by atoms with van der Waals surface area (Å²) in [6.07, 6.45) is 2.98. The van der Waals surface area contributed by atoms with E-state index in [-0.39, 0.29) is 17.4 Å². The first-order valence-corrected chi connectivity index (χ1v) is 12.6. The number of anilines is 1. The molecule has 0 bridgehead atoms. The van der Waals surface area contributed by atoms with Crippen molar-refractivity contribution in [1.82, 2.24) is 14.8 Å². The number of aromatic nitrogens is 3. The molecule has 1 saturated carbocycles. The van der Waals surface area contributed by atoms with E-state index in [1.54, 1.807) is 41.7 Å². The molecule has 0 unspecified atom stereocenters. The number of para-hydroxylation sites is 1. The summed E-state index contributed by atoms with van der Waals surface area (Å²) in [6.45, 7) is 0. The van der Waals surface area contributed by atoms with Crippen molar-refractivity contribution in [3.8, 4) is 0 Å². The predicted molar refractivity (Wildman–Crippen MR) is 131 cm³/mol. The van der Waals surface area contributed by atoms with Gasteiger partial charge in [-0.1, -0.05) is 60.3 Å². The van der Waals surface area contributed by atoms with Gasteiger partial charge in [0.2, 0.25) is 5.91 Å². The molecule has 0 aliphatic heterocycles. The lowest BCUT2D eigenvalue weighted by Crippen LogP contribution is -2.17. The number of carbonyl (C=O) groups excluding carboxylic acids is 2. The minimum atomic E-state index is -0.182. The summed E-state index contributed by atoms with van der Waals surface area (Å²) in [5.41, 5.74) is 1.57. The highest BCUT2D eigenvalue weighted by atomic mass is 32.2. The number of ketones is 1. The molecule has 6 nitrogen and oxygen atoms in total. The largest absolute Gasteiger partial charge is 0.325 e. The lowest BCUT2D eigenvalue weighted by atomic mass is 10.0. The Balaban J connectivity index is 1.27. The van der Waals surface area contributed by atoms with Gasteiger partial charge >= 0.3 is 0 Å². The van der Waals surface area contributed by atoms with Crippen LogP contribution >= 0.6 is 23.1 Å². The van der Waals surface area contributed by atoms with Gasteiger partial charge in [-0.2, -0.15) is 0 Å². The van der Waals surface area contributed by atoms with E-state index < -0.39 is 0 Å². The number of hydrogen-bond acceptors (Lipinski definition) is 6. The Bertz CT molecular complexity index is 1260. The number of amides is 1. The van der Waals surface area contributed by atoms with Crippen molar-refractivity contribution < 1.29 is 9.59 Å². The molecule has 166 valence electrons. The summed E-state index contributed by atoms with van der Waals surface area (Å²) in [4.78, 5) is 26.9. The molecule has 0 radical (unpaired) electrons. The highest BCUT2D eigenvalue weighted by Crippen LogP contribution is 2.39. The number of carbonyl (C=O) groups is 2. The van der Waals surface area contributed by atoms with Crippen LogP contribution in [0.25, 0.3) is 0 Å². The Hall–Kier alpha value is -3.23. The van der Waals surface area contributed by atoms with Crippen molar-refractivity contribution in [2.45, 2.75) is 30.5 Å². The second-order valence-corrected chi connectivity index (χ2v) is 9.81. The van der Waals surface area contributed by atoms with Crippen molar-refractivity contribution in [3.05, 3.63) is 93.9 Å². The van der Waals surface area contributed by atoms with E-state index >= 15 is 0 Å². The van der Waals surface area contributed by atoms with Crippen molar-refractivity contribution in [1.29, 1.82) is 0 Å². The summed E-state index contributed by atoms with van der Waals surface area (Å²) in [5.74, 6) is 0.837. The van der Waals surface area contributed by atoms with E-state index in [9.17, 15) is 9.59 Å². The average Bonchev–Trinajstić information content (AvgIpc) is 3.39. The molecule has 1 aliphatic carbocycles. The number of thiophene rings is 1. The summed E-state index contributed by atoms with van der Waals surface area (Å²) < 4.78 is 2.19. The standard InChI is InChI=1S/C25H22N4O2S2/c30-23(26-21-11-5-4-10-20(21)24(31)17-7-2-1-3-8-17)16-33-25-28-27-22(29(25)18-12-13-18)15-19-9-6-14-32-19/h1-11,14,18H,12-13,15-16H2,(H,26,30). The zero-order valence-corrected chi connectivity index (χ0v) is 19.4. The maximum Gasteiger partial charge on any atom is 0.234 e. The number of rotatable bonds is 9. The fraction of sp³-hybridized carbons (Fsp3) is 0.200. The highest BCUT2D eigenvalue weighted by Gasteiger charge is 2.30. The topological polar surface area (TPSA) is 76.9 Å². The zero-order valence-electron chi connectivity index (χ0n) is 17.8. The highest BCUT2D eigenvalue weighted by molar-refractivity contribution is 7.99. The van der Waals surface area contributed by atoms with Crippen LogP contribution in [0.2, 0.25) is 0 Å². The van der Waals surface area contributed by atoms with Gasteiger partial charge in [0.05, 0.1) is 11.4 Å². The Morgan fingerprint density at radius 2 is 1.79 bits per heavy atom. The van der Waals surface area contributed by atoms with Crippen LogP contribution < -0.4 is 5.32 Å². The van der Waals surface area contributed by atoms with Crippen LogP contribution in [0.4, 0.5) is 5.69 Å². The molecule has 4 aromatic rings. The van der Waals surface area contributed by atoms with Gasteiger partial charge in [0.1, 0.15) is 5.82 Å². The molecule has 0 spiro atoms. The van der Waals surface area contributed by atoms with Gasteiger partial charge in [0, 0.05) is 28.5 Å². The van der Waals surface area contributed by atoms with Gasteiger partial charge in [-0.15, -0.1) is 21.5 Å². The normalized spacial score (nSPS) is 13.1. The van der Waals surface area contributed by atoms with Gasteiger partial charge in [-0.05, 0) is 36.4 Å². The molecule has 2 aromatic heterocycles. The summed E-state index contributed by atoms with van der Waals surface area (Å²) in [7, 11) is 0. The molecule has 1 aliphatic rings. The minimum absolute atomic E-state index is 0.120. The number of hydrogen-bond donors (Lipinski definition) is 1. The van der Waals surface area contributed by atoms with Crippen LogP contribution in [-0.2, 0) is 11.2 Å². The van der Waals surface area contributed by atoms with Crippen molar-refractivity contribution in [3.63, 3.8) is 0 Å². The van der Waals surface area contributed by atoms with Crippen LogP contribution in [0.5, 0.6) is 0 Å². The van der Waals surface area contributed by atoms with Gasteiger partial charge in [-0.25, -0.2) is 0 Å². The molecule has 0 atom stereocenters. The van der Waals surface area contributed by atoms with E-state index in [4.69, 9.17) is 0 Å². The van der Waals surface area contributed by atoms with Crippen LogP contribution in [0.15, 0.2) is 77.3 Å². The molecule has 0 saturated heterocycles. The summed E-state index contributed by atoms with van der Waals surface area (Å²) in [6, 6.07) is 20.7. The first-order valence-electron chi connectivity index (χ1n) is 10.8. The Labute approximate surface area is 200 Å². The predicted octanol–water partition coefficient (Wildman–Crippen LogP) is 5.23. The third-order valence-electron chi connectivity index (χ3n) is 5.37. The molecule has 2 heterocycles. The molecule has 1 fully saturated rings. The first kappa shape index (κ1) is 21.6. The number of benzene rings is 2. The maximum atomic E-state index is 12.9. The average molecular weight is 475 g/mol. The summed E-state index contributed by atoms with van der Waals surface area (Å²) in [5, 5.41) is 14.5. The van der Waals surface area contributed by atoms with Gasteiger partial charge in [-0.3, -0.25) is 9.59 Å². The Morgan fingerprint density at radius 1 is 1.00 bits per heavy atom. The van der Waals surface area contributed by atoms with Crippen LogP contribution in [0.1, 0.15) is 45.5 Å². The van der Waals surface area contributed by atoms with E-state index in [2.05, 4.69) is 31.5 Å². The molecular formula is C25H22N4O2S2. The first-order chi connectivity index (χ1) is 16.2. The van der Waals surface area contributed by atoms with Crippen LogP contribution in [0, 0.1) is 0 Å². The summed E-state index contributed by atoms with van der Waals surface area (Å²) >= 11 is 3.09. The van der Waals surface area contributed by atoms with Gasteiger partial charge in [0.15, 0.2) is 10.9 Å². The molecular weight excluding hydrogens is 452 g/mol. The third-order valence-corrected chi connectivity index (χ3v) is 7.19. The van der Waals surface area contributed by atoms with E-state index in [0.29, 0.717) is 22.9 Å². The van der Waals surface area contributed by atoms with E-state index in [1.165, 1.54) is 16.6 Å². The Kier molecular flexibility index (Phi) is 6.37. The fourth-order valence-electron chi connectivity index (χ4n) is 3.65. The minimum Gasteiger partial charge on any atom is -0.325 e. The maximum absolute atomic E-state index is 12.9. The van der Waals surface area contributed by atoms with Gasteiger partial charge < -0.3 is 9.88 Å². The number of thioether (sulfide) groups is 1. The smallest absolute Gasteiger partial charge is 0.234 e. The SMILES string of the molecule is O=C(CSc1nnc(Cc2cccs2)n1C1CC1)Nc1ccccc1C(=O)c1ccccc1.